The van der Waals surface area contributed by atoms with Crippen molar-refractivity contribution in [2.45, 2.75) is 18.4 Å². The normalized spacial score (nSPS) is 22.4. The van der Waals surface area contributed by atoms with E-state index in [9.17, 15) is 13.2 Å². The molecule has 1 N–H and O–H groups in total. The number of hydrogen-bond donors (Lipinski definition) is 1. The third-order valence-corrected chi connectivity index (χ3v) is 5.37. The Morgan fingerprint density at radius 3 is 2.68 bits per heavy atom. The predicted octanol–water partition coefficient (Wildman–Crippen LogP) is 0.622. The van der Waals surface area contributed by atoms with Gasteiger partial charge in [0.05, 0.1) is 26.0 Å². The van der Waals surface area contributed by atoms with Crippen LogP contribution in [0.1, 0.15) is 12.8 Å². The molecule has 0 radical (unpaired) electrons. The Labute approximate surface area is 148 Å². The summed E-state index contributed by atoms with van der Waals surface area (Å²) >= 11 is 0. The molecule has 0 aliphatic carbocycles. The molecule has 2 aliphatic heterocycles. The molecule has 1 atom stereocenters. The number of para-hydroxylation sites is 1. The maximum absolute atomic E-state index is 12.2. The number of rotatable bonds is 6. The summed E-state index contributed by atoms with van der Waals surface area (Å²) in [6, 6.07) is 9.26. The summed E-state index contributed by atoms with van der Waals surface area (Å²) in [5.74, 6) is 0.826. The number of amides is 1. The van der Waals surface area contributed by atoms with Gasteiger partial charge in [-0.3, -0.25) is 4.79 Å². The number of ether oxygens (including phenoxy) is 2. The zero-order valence-corrected chi connectivity index (χ0v) is 15.1. The highest BCUT2D eigenvalue weighted by Crippen LogP contribution is 2.35. The summed E-state index contributed by atoms with van der Waals surface area (Å²) in [5.41, 5.74) is -0.260. The second-order valence-corrected chi connectivity index (χ2v) is 8.70. The number of hydrogen-bond acceptors (Lipinski definition) is 5. The maximum Gasteiger partial charge on any atom is 0.260 e. The Kier molecular flexibility index (Phi) is 5.31. The fraction of sp³-hybridized carbons (Fsp3) is 0.588. The monoisotopic (exact) mass is 368 g/mol. The van der Waals surface area contributed by atoms with Crippen molar-refractivity contribution in [3.8, 4) is 5.75 Å². The molecule has 2 fully saturated rings. The van der Waals surface area contributed by atoms with E-state index in [0.717, 1.165) is 19.1 Å². The molecule has 0 saturated carbocycles. The van der Waals surface area contributed by atoms with Crippen molar-refractivity contribution < 1.29 is 22.7 Å². The van der Waals surface area contributed by atoms with E-state index < -0.39 is 10.0 Å². The lowest BCUT2D eigenvalue weighted by molar-refractivity contribution is -0.189. The van der Waals surface area contributed by atoms with Gasteiger partial charge in [0.25, 0.3) is 5.91 Å². The van der Waals surface area contributed by atoms with Gasteiger partial charge >= 0.3 is 0 Å². The Balaban J connectivity index is 1.38. The van der Waals surface area contributed by atoms with Gasteiger partial charge in [0.1, 0.15) is 11.4 Å². The van der Waals surface area contributed by atoms with Crippen LogP contribution in [0.5, 0.6) is 5.75 Å². The minimum Gasteiger partial charge on any atom is -0.484 e. The van der Waals surface area contributed by atoms with Gasteiger partial charge in [0.2, 0.25) is 10.0 Å². The quantitative estimate of drug-likeness (QED) is 0.796. The summed E-state index contributed by atoms with van der Waals surface area (Å²) in [4.78, 5) is 13.9. The molecule has 0 unspecified atom stereocenters. The average Bonchev–Trinajstić information content (AvgIpc) is 2.56. The molecule has 3 rings (SSSR count). The van der Waals surface area contributed by atoms with E-state index in [1.54, 1.807) is 4.90 Å². The second-order valence-electron chi connectivity index (χ2n) is 6.87. The second kappa shape index (κ2) is 7.31. The zero-order chi connectivity index (χ0) is 17.9. The number of sulfonamides is 1. The summed E-state index contributed by atoms with van der Waals surface area (Å²) in [5, 5.41) is 0. The van der Waals surface area contributed by atoms with Gasteiger partial charge in [-0.05, 0) is 30.9 Å². The molecule has 1 aromatic carbocycles. The third kappa shape index (κ3) is 4.93. The van der Waals surface area contributed by atoms with Crippen LogP contribution in [0.4, 0.5) is 0 Å². The van der Waals surface area contributed by atoms with E-state index in [1.165, 1.54) is 0 Å². The van der Waals surface area contributed by atoms with Crippen LogP contribution in [-0.4, -0.2) is 63.9 Å². The van der Waals surface area contributed by atoms with E-state index in [-0.39, 0.29) is 24.0 Å². The molecular weight excluding hydrogens is 344 g/mol. The first-order chi connectivity index (χ1) is 11.9. The first-order valence-electron chi connectivity index (χ1n) is 8.39. The minimum absolute atomic E-state index is 0.0288. The van der Waals surface area contributed by atoms with Crippen LogP contribution in [0.3, 0.4) is 0 Å². The van der Waals surface area contributed by atoms with Gasteiger partial charge in [-0.1, -0.05) is 18.2 Å². The van der Waals surface area contributed by atoms with E-state index in [4.69, 9.17) is 9.47 Å². The Bertz CT molecular complexity index is 691. The van der Waals surface area contributed by atoms with Crippen molar-refractivity contribution in [1.29, 1.82) is 0 Å². The molecule has 1 amide bonds. The molecule has 2 aliphatic rings. The van der Waals surface area contributed by atoms with Crippen molar-refractivity contribution in [2.75, 3.05) is 39.1 Å². The summed E-state index contributed by atoms with van der Waals surface area (Å²) < 4.78 is 36.2. The molecule has 8 heteroatoms. The SMILES string of the molecule is CS(=O)(=O)NC[C@@H]1CCC2(CN(C(=O)COc3ccccc3)C2)OC1. The Morgan fingerprint density at radius 2 is 2.08 bits per heavy atom. The van der Waals surface area contributed by atoms with Gasteiger partial charge in [0.15, 0.2) is 6.61 Å². The van der Waals surface area contributed by atoms with Crippen LogP contribution in [0.25, 0.3) is 0 Å². The van der Waals surface area contributed by atoms with Gasteiger partial charge < -0.3 is 14.4 Å². The number of benzene rings is 1. The topological polar surface area (TPSA) is 84.9 Å². The molecule has 25 heavy (non-hydrogen) atoms. The van der Waals surface area contributed by atoms with Crippen LogP contribution in [0.2, 0.25) is 0 Å². The molecule has 1 spiro atoms. The van der Waals surface area contributed by atoms with Gasteiger partial charge in [0, 0.05) is 6.54 Å². The highest BCUT2D eigenvalue weighted by molar-refractivity contribution is 7.88. The standard InChI is InChI=1S/C17H24N2O5S/c1-25(21,22)18-9-14-7-8-17(24-10-14)12-19(13-17)16(20)11-23-15-5-3-2-4-6-15/h2-6,14,18H,7-13H2,1H3/t14-/m0/s1. The highest BCUT2D eigenvalue weighted by atomic mass is 32.2. The van der Waals surface area contributed by atoms with Gasteiger partial charge in [-0.2, -0.15) is 0 Å². The fourth-order valence-electron chi connectivity index (χ4n) is 3.18. The van der Waals surface area contributed by atoms with Crippen LogP contribution in [0, 0.1) is 5.92 Å². The molecule has 2 saturated heterocycles. The van der Waals surface area contributed by atoms with Crippen LogP contribution in [0.15, 0.2) is 30.3 Å². The summed E-state index contributed by atoms with van der Waals surface area (Å²) in [6.45, 7) is 2.11. The summed E-state index contributed by atoms with van der Waals surface area (Å²) in [6.07, 6.45) is 2.89. The average molecular weight is 368 g/mol. The van der Waals surface area contributed by atoms with Crippen LogP contribution >= 0.6 is 0 Å². The summed E-state index contributed by atoms with van der Waals surface area (Å²) in [7, 11) is -3.17. The number of nitrogens with one attached hydrogen (secondary N) is 1. The van der Waals surface area contributed by atoms with Gasteiger partial charge in [-0.25, -0.2) is 13.1 Å². The number of carbonyl (C=O) groups excluding carboxylic acids is 1. The van der Waals surface area contributed by atoms with Crippen molar-refractivity contribution in [2.24, 2.45) is 5.92 Å². The van der Waals surface area contributed by atoms with E-state index in [2.05, 4.69) is 4.72 Å². The molecule has 2 heterocycles. The number of nitrogens with zero attached hydrogens (tertiary/aromatic N) is 1. The van der Waals surface area contributed by atoms with Crippen molar-refractivity contribution in [1.82, 2.24) is 9.62 Å². The van der Waals surface area contributed by atoms with E-state index in [0.29, 0.717) is 32.0 Å². The lowest BCUT2D eigenvalue weighted by Gasteiger charge is -2.52. The molecule has 7 nitrogen and oxygen atoms in total. The molecule has 0 aromatic heterocycles. The predicted molar refractivity (Wildman–Crippen MR) is 92.8 cm³/mol. The lowest BCUT2D eigenvalue weighted by atomic mass is 9.83. The van der Waals surface area contributed by atoms with E-state index >= 15 is 0 Å². The van der Waals surface area contributed by atoms with Crippen molar-refractivity contribution in [3.05, 3.63) is 30.3 Å². The van der Waals surface area contributed by atoms with Crippen molar-refractivity contribution >= 4 is 15.9 Å². The fourth-order valence-corrected chi connectivity index (χ4v) is 3.71. The lowest BCUT2D eigenvalue weighted by Crippen LogP contribution is -2.67. The van der Waals surface area contributed by atoms with Crippen molar-refractivity contribution in [3.63, 3.8) is 0 Å². The molecule has 1 aromatic rings. The minimum atomic E-state index is -3.17. The van der Waals surface area contributed by atoms with Crippen LogP contribution < -0.4 is 9.46 Å². The number of carbonyl (C=O) groups is 1. The molecule has 0 bridgehead atoms. The molecular formula is C17H24N2O5S. The Hall–Kier alpha value is -1.64. The first-order valence-corrected chi connectivity index (χ1v) is 10.3. The highest BCUT2D eigenvalue weighted by Gasteiger charge is 2.48. The third-order valence-electron chi connectivity index (χ3n) is 4.68. The number of likely N-dealkylation sites (tertiary alicyclic amines) is 1. The maximum atomic E-state index is 12.2. The smallest absolute Gasteiger partial charge is 0.260 e. The first kappa shape index (κ1) is 18.2. The van der Waals surface area contributed by atoms with E-state index in [1.807, 2.05) is 30.3 Å². The zero-order valence-electron chi connectivity index (χ0n) is 14.3. The van der Waals surface area contributed by atoms with Gasteiger partial charge in [-0.15, -0.1) is 0 Å². The largest absolute Gasteiger partial charge is 0.484 e. The molecule has 138 valence electrons. The van der Waals surface area contributed by atoms with Crippen LogP contribution in [-0.2, 0) is 19.6 Å². The Morgan fingerprint density at radius 1 is 1.36 bits per heavy atom.